The van der Waals surface area contributed by atoms with Crippen LogP contribution in [0.25, 0.3) is 0 Å². The van der Waals surface area contributed by atoms with Gasteiger partial charge >= 0.3 is 12.0 Å². The number of aliphatic carboxylic acids is 1. The molecule has 3 heterocycles. The van der Waals surface area contributed by atoms with Crippen molar-refractivity contribution in [2.24, 2.45) is 0 Å². The number of ether oxygens (including phenoxy) is 1. The molecule has 9 heteroatoms. The van der Waals surface area contributed by atoms with E-state index in [1.165, 1.54) is 43.5 Å². The largest absolute Gasteiger partial charge is 0.481 e. The number of carboxylic acid groups (broad SMARTS) is 1. The van der Waals surface area contributed by atoms with Gasteiger partial charge in [-0.05, 0) is 67.6 Å². The topological polar surface area (TPSA) is 97.2 Å². The third-order valence-corrected chi connectivity index (χ3v) is 6.62. The maximum Gasteiger partial charge on any atom is 0.316 e. The minimum Gasteiger partial charge on any atom is -0.481 e. The van der Waals surface area contributed by atoms with E-state index >= 15 is 0 Å². The van der Waals surface area contributed by atoms with Crippen LogP contribution in [0, 0.1) is 0 Å². The zero-order chi connectivity index (χ0) is 24.1. The van der Waals surface area contributed by atoms with Gasteiger partial charge in [-0.1, -0.05) is 6.07 Å². The number of alkyl halides is 2. The number of anilines is 1. The van der Waals surface area contributed by atoms with Crippen molar-refractivity contribution in [2.45, 2.75) is 82.0 Å². The van der Waals surface area contributed by atoms with Crippen LogP contribution in [-0.2, 0) is 17.6 Å². The molecule has 2 aliphatic rings. The lowest BCUT2D eigenvalue weighted by Gasteiger charge is -2.23. The number of aromatic nitrogens is 3. The van der Waals surface area contributed by atoms with Gasteiger partial charge in [0.15, 0.2) is 0 Å². The molecule has 0 aromatic carbocycles. The number of halogens is 2. The highest BCUT2D eigenvalue weighted by atomic mass is 19.3. The van der Waals surface area contributed by atoms with Crippen molar-refractivity contribution in [1.29, 1.82) is 0 Å². The molecule has 1 fully saturated rings. The van der Waals surface area contributed by atoms with Crippen LogP contribution in [0.4, 0.5) is 14.6 Å². The molecule has 184 valence electrons. The van der Waals surface area contributed by atoms with E-state index in [9.17, 15) is 18.7 Å². The summed E-state index contributed by atoms with van der Waals surface area (Å²) >= 11 is 0. The number of pyridine rings is 1. The number of hydrogen-bond acceptors (Lipinski definition) is 6. The van der Waals surface area contributed by atoms with Gasteiger partial charge in [-0.2, -0.15) is 0 Å². The van der Waals surface area contributed by atoms with Crippen molar-refractivity contribution in [1.82, 2.24) is 15.0 Å². The molecule has 34 heavy (non-hydrogen) atoms. The number of carbonyl (C=O) groups is 1. The second kappa shape index (κ2) is 10.6. The second-order valence-electron chi connectivity index (χ2n) is 9.40. The van der Waals surface area contributed by atoms with E-state index in [1.807, 2.05) is 0 Å². The van der Waals surface area contributed by atoms with Crippen molar-refractivity contribution in [3.05, 3.63) is 40.8 Å². The SMILES string of the molecule is COc1ncc([C@H](CC(=O)O)CC(F)(F)CCCCc2nc3c(cc2C2CC2)CCCN3)cn1. The molecule has 1 saturated carbocycles. The highest BCUT2D eigenvalue weighted by molar-refractivity contribution is 5.68. The van der Waals surface area contributed by atoms with Gasteiger partial charge in [0.25, 0.3) is 0 Å². The monoisotopic (exact) mass is 474 g/mol. The summed E-state index contributed by atoms with van der Waals surface area (Å²) in [6.45, 7) is 0.922. The summed E-state index contributed by atoms with van der Waals surface area (Å²) in [4.78, 5) is 24.0. The molecule has 0 radical (unpaired) electrons. The normalized spacial score (nSPS) is 16.4. The maximum atomic E-state index is 14.8. The van der Waals surface area contributed by atoms with Crippen molar-refractivity contribution < 1.29 is 23.4 Å². The Balaban J connectivity index is 1.34. The van der Waals surface area contributed by atoms with E-state index < -0.39 is 30.7 Å². The summed E-state index contributed by atoms with van der Waals surface area (Å²) < 4.78 is 34.6. The summed E-state index contributed by atoms with van der Waals surface area (Å²) in [5, 5.41) is 12.6. The standard InChI is InChI=1S/C25H32F2N4O3/c1-34-24-29-14-19(15-30-24)18(12-22(32)33)13-25(26,27)9-3-2-6-21-20(16-7-8-16)11-17-5-4-10-28-23(17)31-21/h11,14-16,18H,2-10,12-13H2,1H3,(H,28,31)(H,32,33)/t18-/m1/s1. The van der Waals surface area contributed by atoms with Gasteiger partial charge in [-0.15, -0.1) is 0 Å². The molecule has 2 aromatic heterocycles. The molecule has 0 bridgehead atoms. The average Bonchev–Trinajstić information content (AvgIpc) is 3.66. The first kappa shape index (κ1) is 24.3. The first-order valence-corrected chi connectivity index (χ1v) is 12.1. The number of hydrogen-bond donors (Lipinski definition) is 2. The lowest BCUT2D eigenvalue weighted by molar-refractivity contribution is -0.138. The summed E-state index contributed by atoms with van der Waals surface area (Å²) in [7, 11) is 1.40. The molecule has 0 spiro atoms. The van der Waals surface area contributed by atoms with Gasteiger partial charge in [0.05, 0.1) is 13.5 Å². The number of nitrogens with zero attached hydrogens (tertiary/aromatic N) is 3. The Bertz CT molecular complexity index is 996. The average molecular weight is 475 g/mol. The Morgan fingerprint density at radius 1 is 1.29 bits per heavy atom. The summed E-state index contributed by atoms with van der Waals surface area (Å²) in [5.41, 5.74) is 3.99. The Labute approximate surface area is 198 Å². The van der Waals surface area contributed by atoms with E-state index in [0.717, 1.165) is 30.9 Å². The minimum atomic E-state index is -2.98. The fourth-order valence-corrected chi connectivity index (χ4v) is 4.69. The molecular formula is C25H32F2N4O3. The molecular weight excluding hydrogens is 442 g/mol. The van der Waals surface area contributed by atoms with Crippen LogP contribution in [0.3, 0.4) is 0 Å². The van der Waals surface area contributed by atoms with Crippen molar-refractivity contribution in [3.8, 4) is 6.01 Å². The summed E-state index contributed by atoms with van der Waals surface area (Å²) in [5.74, 6) is -3.46. The molecule has 7 nitrogen and oxygen atoms in total. The molecule has 2 aromatic rings. The van der Waals surface area contributed by atoms with Crippen LogP contribution < -0.4 is 10.1 Å². The van der Waals surface area contributed by atoms with Gasteiger partial charge in [0, 0.05) is 43.4 Å². The van der Waals surface area contributed by atoms with Gasteiger partial charge in [0.1, 0.15) is 5.82 Å². The Morgan fingerprint density at radius 2 is 2.06 bits per heavy atom. The molecule has 0 unspecified atom stereocenters. The van der Waals surface area contributed by atoms with Crippen molar-refractivity contribution in [2.75, 3.05) is 19.0 Å². The van der Waals surface area contributed by atoms with Crippen LogP contribution in [0.15, 0.2) is 18.5 Å². The lowest BCUT2D eigenvalue weighted by Crippen LogP contribution is -2.22. The molecule has 1 aliphatic carbocycles. The third kappa shape index (κ3) is 6.39. The van der Waals surface area contributed by atoms with Gasteiger partial charge in [-0.3, -0.25) is 4.79 Å². The van der Waals surface area contributed by atoms with E-state index in [0.29, 0.717) is 30.7 Å². The number of methoxy groups -OCH3 is 1. The van der Waals surface area contributed by atoms with Crippen LogP contribution in [0.2, 0.25) is 0 Å². The Hall–Kier alpha value is -2.84. The van der Waals surface area contributed by atoms with Crippen molar-refractivity contribution >= 4 is 11.8 Å². The highest BCUT2D eigenvalue weighted by Gasteiger charge is 2.34. The van der Waals surface area contributed by atoms with Crippen LogP contribution in [0.1, 0.15) is 85.6 Å². The smallest absolute Gasteiger partial charge is 0.316 e. The van der Waals surface area contributed by atoms with E-state index in [4.69, 9.17) is 9.72 Å². The van der Waals surface area contributed by atoms with E-state index in [-0.39, 0.29) is 12.4 Å². The fourth-order valence-electron chi connectivity index (χ4n) is 4.69. The number of nitrogens with one attached hydrogen (secondary N) is 1. The van der Waals surface area contributed by atoms with E-state index in [1.54, 1.807) is 0 Å². The van der Waals surface area contributed by atoms with Crippen molar-refractivity contribution in [3.63, 3.8) is 0 Å². The fraction of sp³-hybridized carbons (Fsp3) is 0.600. The van der Waals surface area contributed by atoms with Gasteiger partial charge < -0.3 is 15.2 Å². The molecule has 0 amide bonds. The summed E-state index contributed by atoms with van der Waals surface area (Å²) in [6, 6.07) is 2.39. The molecule has 4 rings (SSSR count). The number of aryl methyl sites for hydroxylation is 2. The van der Waals surface area contributed by atoms with Crippen LogP contribution in [-0.4, -0.2) is 45.6 Å². The molecule has 1 aliphatic heterocycles. The molecule has 0 saturated heterocycles. The number of rotatable bonds is 12. The first-order chi connectivity index (χ1) is 16.3. The van der Waals surface area contributed by atoms with Crippen LogP contribution >= 0.6 is 0 Å². The molecule has 2 N–H and O–H groups in total. The predicted octanol–water partition coefficient (Wildman–Crippen LogP) is 5.11. The van der Waals surface area contributed by atoms with E-state index in [2.05, 4.69) is 21.4 Å². The minimum absolute atomic E-state index is 0.112. The Kier molecular flexibility index (Phi) is 7.58. The Morgan fingerprint density at radius 3 is 2.74 bits per heavy atom. The predicted molar refractivity (Wildman–Crippen MR) is 124 cm³/mol. The highest BCUT2D eigenvalue weighted by Crippen LogP contribution is 2.43. The third-order valence-electron chi connectivity index (χ3n) is 6.62. The second-order valence-corrected chi connectivity index (χ2v) is 9.40. The number of unbranched alkanes of at least 4 members (excludes halogenated alkanes) is 1. The zero-order valence-corrected chi connectivity index (χ0v) is 19.5. The number of carboxylic acids is 1. The quantitative estimate of drug-likeness (QED) is 0.413. The van der Waals surface area contributed by atoms with Gasteiger partial charge in [-0.25, -0.2) is 23.7 Å². The lowest BCUT2D eigenvalue weighted by atomic mass is 9.89. The molecule has 1 atom stereocenters. The summed E-state index contributed by atoms with van der Waals surface area (Å²) in [6.07, 6.45) is 7.65. The van der Waals surface area contributed by atoms with Gasteiger partial charge in [0.2, 0.25) is 5.92 Å². The zero-order valence-electron chi connectivity index (χ0n) is 19.5. The van der Waals surface area contributed by atoms with Crippen LogP contribution in [0.5, 0.6) is 6.01 Å². The first-order valence-electron chi connectivity index (χ1n) is 12.1. The number of fused-ring (bicyclic) bond motifs is 1. The maximum absolute atomic E-state index is 14.8.